The molecule has 0 aliphatic carbocycles. The Bertz CT molecular complexity index is 416. The van der Waals surface area contributed by atoms with Crippen molar-refractivity contribution >= 4 is 5.84 Å². The zero-order chi connectivity index (χ0) is 11.4. The highest BCUT2D eigenvalue weighted by Crippen LogP contribution is 2.03. The number of hydrazine groups is 2. The Morgan fingerprint density at radius 1 is 1.19 bits per heavy atom. The minimum Gasteiger partial charge on any atom is -0.262 e. The average molecular weight is 224 g/mol. The lowest BCUT2D eigenvalue weighted by Crippen LogP contribution is -2.47. The van der Waals surface area contributed by atoms with Crippen LogP contribution >= 0.6 is 0 Å². The second-order valence-electron chi connectivity index (χ2n) is 3.18. The number of rotatable bonds is 2. The molecule has 2 rings (SSSR count). The summed E-state index contributed by atoms with van der Waals surface area (Å²) in [6, 6.07) is 9.42. The zero-order valence-corrected chi connectivity index (χ0v) is 8.32. The van der Waals surface area contributed by atoms with E-state index in [0.717, 1.165) is 11.6 Å². The minimum atomic E-state index is -0.798. The first-order chi connectivity index (χ1) is 7.74. The van der Waals surface area contributed by atoms with Gasteiger partial charge in [0.1, 0.15) is 5.84 Å². The van der Waals surface area contributed by atoms with Crippen LogP contribution in [0.4, 0.5) is 8.87 Å². The van der Waals surface area contributed by atoms with Gasteiger partial charge in [0.15, 0.2) is 0 Å². The second kappa shape index (κ2) is 4.71. The standard InChI is InChI=1S/C10H10F2N4/c11-9-6-10(15-16(12)14-9)13-7-8-4-2-1-3-5-8/h1-6,14H,7H2,(H,13,15). The molecule has 1 aliphatic rings. The van der Waals surface area contributed by atoms with Crippen LogP contribution in [0.1, 0.15) is 5.56 Å². The SMILES string of the molecule is FC1=CC(=NCc2ccccc2)NN(F)N1. The predicted molar refractivity (Wildman–Crippen MR) is 56.0 cm³/mol. The van der Waals surface area contributed by atoms with Crippen molar-refractivity contribution in [2.75, 3.05) is 0 Å². The Morgan fingerprint density at radius 2 is 1.94 bits per heavy atom. The van der Waals surface area contributed by atoms with Gasteiger partial charge in [-0.1, -0.05) is 34.8 Å². The van der Waals surface area contributed by atoms with Gasteiger partial charge in [0, 0.05) is 11.4 Å². The molecule has 0 bridgehead atoms. The van der Waals surface area contributed by atoms with Crippen molar-refractivity contribution in [3.05, 3.63) is 47.9 Å². The minimum absolute atomic E-state index is 0.0842. The van der Waals surface area contributed by atoms with E-state index in [0.29, 0.717) is 6.54 Å². The summed E-state index contributed by atoms with van der Waals surface area (Å²) in [5.74, 6) is -0.671. The van der Waals surface area contributed by atoms with Crippen LogP contribution in [0.15, 0.2) is 47.4 Å². The highest BCUT2D eigenvalue weighted by atomic mass is 19.2. The molecule has 1 aliphatic heterocycles. The number of hydrogen-bond acceptors (Lipinski definition) is 3. The molecule has 4 nitrogen and oxygen atoms in total. The van der Waals surface area contributed by atoms with Gasteiger partial charge in [-0.25, -0.2) is 5.43 Å². The average Bonchev–Trinajstić information content (AvgIpc) is 2.27. The Labute approximate surface area is 91.2 Å². The predicted octanol–water partition coefficient (Wildman–Crippen LogP) is 1.61. The first-order valence-corrected chi connectivity index (χ1v) is 4.69. The molecule has 0 spiro atoms. The molecular weight excluding hydrogens is 214 g/mol. The van der Waals surface area contributed by atoms with Crippen molar-refractivity contribution in [2.45, 2.75) is 6.54 Å². The largest absolute Gasteiger partial charge is 0.262 e. The van der Waals surface area contributed by atoms with Crippen LogP contribution in [-0.2, 0) is 6.54 Å². The molecule has 0 amide bonds. The van der Waals surface area contributed by atoms with Gasteiger partial charge in [0.05, 0.1) is 6.54 Å². The molecule has 1 heterocycles. The topological polar surface area (TPSA) is 39.7 Å². The van der Waals surface area contributed by atoms with Crippen LogP contribution in [0.2, 0.25) is 0 Å². The molecule has 0 radical (unpaired) electrons. The maximum absolute atomic E-state index is 12.8. The van der Waals surface area contributed by atoms with E-state index >= 15 is 0 Å². The van der Waals surface area contributed by atoms with Gasteiger partial charge >= 0.3 is 0 Å². The summed E-state index contributed by atoms with van der Waals surface area (Å²) in [7, 11) is 0. The van der Waals surface area contributed by atoms with Gasteiger partial charge in [-0.05, 0) is 5.56 Å². The molecule has 0 aromatic heterocycles. The maximum Gasteiger partial charge on any atom is 0.208 e. The molecule has 0 saturated carbocycles. The quantitative estimate of drug-likeness (QED) is 0.592. The van der Waals surface area contributed by atoms with Crippen LogP contribution in [0, 0.1) is 0 Å². The summed E-state index contributed by atoms with van der Waals surface area (Å²) < 4.78 is 25.4. The van der Waals surface area contributed by atoms with Crippen LogP contribution in [0.5, 0.6) is 0 Å². The molecule has 84 valence electrons. The molecule has 0 unspecified atom stereocenters. The number of benzene rings is 1. The Kier molecular flexibility index (Phi) is 3.11. The second-order valence-corrected chi connectivity index (χ2v) is 3.18. The van der Waals surface area contributed by atoms with Crippen molar-refractivity contribution < 1.29 is 8.87 Å². The maximum atomic E-state index is 12.8. The van der Waals surface area contributed by atoms with E-state index < -0.39 is 5.95 Å². The molecule has 1 aromatic rings. The summed E-state index contributed by atoms with van der Waals surface area (Å²) in [5, 5.41) is -0.0842. The number of amidine groups is 1. The van der Waals surface area contributed by atoms with Crippen molar-refractivity contribution in [3.63, 3.8) is 0 Å². The van der Waals surface area contributed by atoms with Gasteiger partial charge in [0.25, 0.3) is 0 Å². The number of nitrogens with zero attached hydrogens (tertiary/aromatic N) is 2. The van der Waals surface area contributed by atoms with Gasteiger partial charge in [-0.3, -0.25) is 10.4 Å². The summed E-state index contributed by atoms with van der Waals surface area (Å²) in [5.41, 5.74) is 4.95. The van der Waals surface area contributed by atoms with Crippen molar-refractivity contribution in [1.82, 2.24) is 16.2 Å². The third-order valence-corrected chi connectivity index (χ3v) is 1.96. The van der Waals surface area contributed by atoms with E-state index in [1.807, 2.05) is 30.3 Å². The smallest absolute Gasteiger partial charge is 0.208 e. The lowest BCUT2D eigenvalue weighted by atomic mass is 10.2. The summed E-state index contributed by atoms with van der Waals surface area (Å²) in [6.45, 7) is 0.362. The molecule has 0 atom stereocenters. The monoisotopic (exact) mass is 224 g/mol. The van der Waals surface area contributed by atoms with Crippen LogP contribution in [0.25, 0.3) is 0 Å². The van der Waals surface area contributed by atoms with E-state index in [9.17, 15) is 8.87 Å². The van der Waals surface area contributed by atoms with Crippen LogP contribution in [-0.4, -0.2) is 11.2 Å². The third kappa shape index (κ3) is 2.77. The molecule has 0 fully saturated rings. The number of aliphatic imine (C=N–C) groups is 1. The van der Waals surface area contributed by atoms with E-state index in [1.54, 1.807) is 5.43 Å². The van der Waals surface area contributed by atoms with Gasteiger partial charge in [-0.2, -0.15) is 4.39 Å². The highest BCUT2D eigenvalue weighted by Gasteiger charge is 2.13. The fourth-order valence-corrected chi connectivity index (χ4v) is 1.25. The Hall–Kier alpha value is -1.95. The number of halogens is 2. The molecule has 6 heteroatoms. The van der Waals surface area contributed by atoms with Crippen LogP contribution < -0.4 is 10.9 Å². The third-order valence-electron chi connectivity index (χ3n) is 1.96. The molecule has 1 aromatic carbocycles. The van der Waals surface area contributed by atoms with E-state index in [-0.39, 0.29) is 11.2 Å². The van der Waals surface area contributed by atoms with E-state index in [1.165, 1.54) is 0 Å². The van der Waals surface area contributed by atoms with Crippen LogP contribution in [0.3, 0.4) is 0 Å². The molecular formula is C10H10F2N4. The molecule has 16 heavy (non-hydrogen) atoms. The summed E-state index contributed by atoms with van der Waals surface area (Å²) in [6.07, 6.45) is 1.08. The number of nitrogens with one attached hydrogen (secondary N) is 2. The van der Waals surface area contributed by atoms with E-state index in [4.69, 9.17) is 0 Å². The normalized spacial score (nSPS) is 18.9. The van der Waals surface area contributed by atoms with Gasteiger partial charge < -0.3 is 0 Å². The van der Waals surface area contributed by atoms with Gasteiger partial charge in [-0.15, -0.1) is 0 Å². The fraction of sp³-hybridized carbons (Fsp3) is 0.100. The van der Waals surface area contributed by atoms with Crippen molar-refractivity contribution in [2.24, 2.45) is 4.99 Å². The lowest BCUT2D eigenvalue weighted by molar-refractivity contribution is -0.0613. The zero-order valence-electron chi connectivity index (χ0n) is 8.32. The van der Waals surface area contributed by atoms with Crippen molar-refractivity contribution in [3.8, 4) is 0 Å². The highest BCUT2D eigenvalue weighted by molar-refractivity contribution is 5.93. The van der Waals surface area contributed by atoms with Crippen molar-refractivity contribution in [1.29, 1.82) is 0 Å². The fourth-order valence-electron chi connectivity index (χ4n) is 1.25. The number of hydrogen-bond donors (Lipinski definition) is 2. The first-order valence-electron chi connectivity index (χ1n) is 4.69. The Morgan fingerprint density at radius 3 is 2.62 bits per heavy atom. The summed E-state index contributed by atoms with van der Waals surface area (Å²) >= 11 is 0. The first kappa shape index (κ1) is 10.6. The lowest BCUT2D eigenvalue weighted by Gasteiger charge is -2.19. The van der Waals surface area contributed by atoms with E-state index in [2.05, 4.69) is 10.4 Å². The molecule has 2 N–H and O–H groups in total. The summed E-state index contributed by atoms with van der Waals surface area (Å²) in [4.78, 5) is 4.02. The molecule has 0 saturated heterocycles. The Balaban J connectivity index is 2.05. The van der Waals surface area contributed by atoms with Gasteiger partial charge in [0.2, 0.25) is 5.95 Å².